The Bertz CT molecular complexity index is 354. The van der Waals surface area contributed by atoms with E-state index in [2.05, 4.69) is 0 Å². The molecule has 1 nitrogen and oxygen atoms in total. The maximum absolute atomic E-state index is 11.9. The molecule has 1 rings (SSSR count). The van der Waals surface area contributed by atoms with Gasteiger partial charge in [0.15, 0.2) is 0 Å². The third-order valence-electron chi connectivity index (χ3n) is 1.97. The van der Waals surface area contributed by atoms with Crippen LogP contribution in [0, 0.1) is 5.41 Å². The van der Waals surface area contributed by atoms with Crippen molar-refractivity contribution in [1.29, 1.82) is 0 Å². The number of rotatable bonds is 3. The monoisotopic (exact) mass is 192 g/mol. The van der Waals surface area contributed by atoms with E-state index >= 15 is 0 Å². The second kappa shape index (κ2) is 4.41. The minimum absolute atomic E-state index is 0.184. The number of ketones is 1. The molecule has 1 aromatic rings. The molecule has 2 atom stereocenters. The van der Waals surface area contributed by atoms with Crippen molar-refractivity contribution in [3.05, 3.63) is 35.9 Å². The highest BCUT2D eigenvalue weighted by molar-refractivity contribution is 5.83. The predicted octanol–water partition coefficient (Wildman–Crippen LogP) is 3.23. The molecule has 0 fully saturated rings. The fraction of sp³-hybridized carbons (Fsp3) is 0.462. The molecule has 0 aromatic heterocycles. The Kier molecular flexibility index (Phi) is 2.59. The third-order valence-corrected chi connectivity index (χ3v) is 1.97. The molecule has 0 N–H and O–H groups in total. The predicted molar refractivity (Wildman–Crippen MR) is 59.2 cm³/mol. The van der Waals surface area contributed by atoms with E-state index in [-0.39, 0.29) is 5.78 Å². The van der Waals surface area contributed by atoms with Crippen molar-refractivity contribution in [2.75, 3.05) is 0 Å². The fourth-order valence-electron chi connectivity index (χ4n) is 0.986. The van der Waals surface area contributed by atoms with Gasteiger partial charge < -0.3 is 0 Å². The molecule has 1 aromatic carbocycles. The molecule has 14 heavy (non-hydrogen) atoms. The molecular formula is C13H18O. The zero-order valence-electron chi connectivity index (χ0n) is 10.9. The van der Waals surface area contributed by atoms with Crippen LogP contribution in [0.2, 0.25) is 0 Å². The maximum Gasteiger partial charge on any atom is 0.138 e. The van der Waals surface area contributed by atoms with Crippen LogP contribution in [0.1, 0.15) is 35.5 Å². The maximum atomic E-state index is 11.9. The van der Waals surface area contributed by atoms with Gasteiger partial charge in [0.2, 0.25) is 0 Å². The van der Waals surface area contributed by atoms with Gasteiger partial charge in [0.05, 0.1) is 0 Å². The molecule has 0 radical (unpaired) electrons. The van der Waals surface area contributed by atoms with Crippen LogP contribution in [0.15, 0.2) is 30.3 Å². The van der Waals surface area contributed by atoms with Gasteiger partial charge in [0, 0.05) is 14.6 Å². The molecule has 0 bridgehead atoms. The lowest BCUT2D eigenvalue weighted by Crippen LogP contribution is -2.20. The normalized spacial score (nSPS) is 17.9. The number of hydrogen-bond donors (Lipinski definition) is 0. The van der Waals surface area contributed by atoms with E-state index < -0.39 is 18.2 Å². The molecule has 0 spiro atoms. The summed E-state index contributed by atoms with van der Waals surface area (Å²) in [6, 6.07) is 9.08. The molecule has 0 aliphatic heterocycles. The highest BCUT2D eigenvalue weighted by Crippen LogP contribution is 2.18. The molecule has 0 amide bonds. The number of carbonyl (C=O) groups excluding carboxylic acids is 1. The Morgan fingerprint density at radius 3 is 2.36 bits per heavy atom. The van der Waals surface area contributed by atoms with Crippen molar-refractivity contribution in [3.63, 3.8) is 0 Å². The summed E-state index contributed by atoms with van der Waals surface area (Å²) in [5, 5.41) is 0. The minimum Gasteiger partial charge on any atom is -0.299 e. The highest BCUT2D eigenvalue weighted by Gasteiger charge is 2.20. The Hall–Kier alpha value is -1.11. The number of Topliss-reactive ketones (excluding diaryl/α,β-unsaturated/α-hetero) is 1. The number of hydrogen-bond acceptors (Lipinski definition) is 1. The Labute approximate surface area is 89.0 Å². The summed E-state index contributed by atoms with van der Waals surface area (Å²) >= 11 is 0. The topological polar surface area (TPSA) is 17.1 Å². The Morgan fingerprint density at radius 1 is 1.29 bits per heavy atom. The fourth-order valence-corrected chi connectivity index (χ4v) is 0.986. The summed E-state index contributed by atoms with van der Waals surface area (Å²) in [7, 11) is 0. The first-order chi connectivity index (χ1) is 7.34. The van der Waals surface area contributed by atoms with Crippen LogP contribution in [0.25, 0.3) is 0 Å². The number of benzene rings is 1. The van der Waals surface area contributed by atoms with E-state index in [1.165, 1.54) is 0 Å². The summed E-state index contributed by atoms with van der Waals surface area (Å²) in [5.74, 6) is -0.184. The molecular weight excluding hydrogens is 172 g/mol. The first-order valence-electron chi connectivity index (χ1n) is 5.93. The van der Waals surface area contributed by atoms with Gasteiger partial charge in [-0.25, -0.2) is 0 Å². The van der Waals surface area contributed by atoms with Crippen LogP contribution >= 0.6 is 0 Å². The summed E-state index contributed by atoms with van der Waals surface area (Å²) in [6.45, 7) is 5.36. The summed E-state index contributed by atoms with van der Waals surface area (Å²) in [4.78, 5) is 11.9. The van der Waals surface area contributed by atoms with Gasteiger partial charge in [-0.1, -0.05) is 51.1 Å². The molecule has 0 heterocycles. The SMILES string of the molecule is [2H]C(C(=O)C(C)(C)C)C([2H])c1ccccc1. The van der Waals surface area contributed by atoms with Crippen molar-refractivity contribution in [2.45, 2.75) is 33.6 Å². The van der Waals surface area contributed by atoms with Crippen molar-refractivity contribution in [3.8, 4) is 0 Å². The largest absolute Gasteiger partial charge is 0.299 e. The van der Waals surface area contributed by atoms with Crippen LogP contribution in [-0.4, -0.2) is 5.78 Å². The highest BCUT2D eigenvalue weighted by atomic mass is 16.1. The number of aryl methyl sites for hydroxylation is 1. The van der Waals surface area contributed by atoms with E-state index in [4.69, 9.17) is 2.74 Å². The second-order valence-electron chi connectivity index (χ2n) is 4.36. The molecule has 76 valence electrons. The van der Waals surface area contributed by atoms with Crippen LogP contribution in [0.4, 0.5) is 0 Å². The quantitative estimate of drug-likeness (QED) is 0.718. The van der Waals surface area contributed by atoms with Gasteiger partial charge in [-0.2, -0.15) is 0 Å². The molecule has 2 unspecified atom stereocenters. The zero-order valence-corrected chi connectivity index (χ0v) is 8.95. The van der Waals surface area contributed by atoms with Gasteiger partial charge in [-0.15, -0.1) is 0 Å². The van der Waals surface area contributed by atoms with E-state index in [1.54, 1.807) is 32.9 Å². The van der Waals surface area contributed by atoms with Crippen molar-refractivity contribution < 1.29 is 7.54 Å². The van der Waals surface area contributed by atoms with Crippen molar-refractivity contribution >= 4 is 5.78 Å². The van der Waals surface area contributed by atoms with Crippen LogP contribution in [0.3, 0.4) is 0 Å². The standard InChI is InChI=1S/C13H18O/c1-13(2,3)12(14)10-9-11-7-5-4-6-8-11/h4-8H,9-10H2,1-3H3/i9D,10D. The van der Waals surface area contributed by atoms with E-state index in [1.807, 2.05) is 18.2 Å². The smallest absolute Gasteiger partial charge is 0.138 e. The summed E-state index contributed by atoms with van der Waals surface area (Å²) < 4.78 is 15.8. The van der Waals surface area contributed by atoms with Gasteiger partial charge in [0.25, 0.3) is 0 Å². The van der Waals surface area contributed by atoms with Crippen LogP contribution < -0.4 is 0 Å². The first kappa shape index (κ1) is 8.22. The molecule has 0 aliphatic carbocycles. The van der Waals surface area contributed by atoms with Gasteiger partial charge in [-0.05, 0) is 12.0 Å². The first-order valence-corrected chi connectivity index (χ1v) is 4.78. The van der Waals surface area contributed by atoms with E-state index in [0.717, 1.165) is 5.56 Å². The Morgan fingerprint density at radius 2 is 1.86 bits per heavy atom. The van der Waals surface area contributed by atoms with E-state index in [0.29, 0.717) is 0 Å². The van der Waals surface area contributed by atoms with Crippen molar-refractivity contribution in [1.82, 2.24) is 0 Å². The molecule has 1 heteroatoms. The van der Waals surface area contributed by atoms with Gasteiger partial charge in [-0.3, -0.25) is 4.79 Å². The van der Waals surface area contributed by atoms with Crippen LogP contribution in [0.5, 0.6) is 0 Å². The van der Waals surface area contributed by atoms with Crippen molar-refractivity contribution in [2.24, 2.45) is 5.41 Å². The zero-order chi connectivity index (χ0) is 12.3. The average Bonchev–Trinajstić information content (AvgIpc) is 2.26. The molecule has 0 aliphatic rings. The molecule has 0 saturated heterocycles. The number of carbonyl (C=O) groups is 1. The second-order valence-corrected chi connectivity index (χ2v) is 4.36. The summed E-state index contributed by atoms with van der Waals surface area (Å²) in [5.41, 5.74) is 0.167. The van der Waals surface area contributed by atoms with Gasteiger partial charge >= 0.3 is 0 Å². The van der Waals surface area contributed by atoms with E-state index in [9.17, 15) is 4.79 Å². The lowest BCUT2D eigenvalue weighted by Gasteiger charge is -2.16. The Balaban J connectivity index is 2.83. The minimum atomic E-state index is -1.01. The average molecular weight is 192 g/mol. The lowest BCUT2D eigenvalue weighted by molar-refractivity contribution is -0.126. The lowest BCUT2D eigenvalue weighted by atomic mass is 9.87. The van der Waals surface area contributed by atoms with Gasteiger partial charge in [0.1, 0.15) is 5.78 Å². The van der Waals surface area contributed by atoms with Crippen LogP contribution in [-0.2, 0) is 11.2 Å². The molecule has 0 saturated carbocycles. The summed E-state index contributed by atoms with van der Waals surface area (Å²) in [6.07, 6.45) is -1.81. The third kappa shape index (κ3) is 3.33.